The second-order valence-electron chi connectivity index (χ2n) is 5.45. The summed E-state index contributed by atoms with van der Waals surface area (Å²) in [6.45, 7) is 0.424. The summed E-state index contributed by atoms with van der Waals surface area (Å²) in [4.78, 5) is 33.4. The Morgan fingerprint density at radius 3 is 2.07 bits per heavy atom. The molecular weight excluding hydrogens is 356 g/mol. The number of aliphatic hydroxyl groups is 1. The van der Waals surface area contributed by atoms with E-state index >= 15 is 0 Å². The lowest BCUT2D eigenvalue weighted by molar-refractivity contribution is -0.384. The normalized spacial score (nSPS) is 10.1. The monoisotopic (exact) mass is 374 g/mol. The minimum absolute atomic E-state index is 0.0162. The van der Waals surface area contributed by atoms with Crippen LogP contribution in [0.5, 0.6) is 11.5 Å². The van der Waals surface area contributed by atoms with Crippen molar-refractivity contribution in [3.63, 3.8) is 0 Å². The maximum absolute atomic E-state index is 11.7. The number of aliphatic hydroxyl groups excluding tert-OH is 1. The fourth-order valence-corrected chi connectivity index (χ4v) is 2.08. The Morgan fingerprint density at radius 2 is 1.56 bits per heavy atom. The molecule has 0 radical (unpaired) electrons. The number of nitrogens with zero attached hydrogens (tertiary/aromatic N) is 1. The number of nitro benzene ring substituents is 1. The zero-order valence-electron chi connectivity index (χ0n) is 14.3. The number of benzene rings is 2. The van der Waals surface area contributed by atoms with E-state index in [1.54, 1.807) is 12.1 Å². The molecule has 0 aliphatic carbocycles. The second-order valence-corrected chi connectivity index (χ2v) is 5.45. The molecule has 0 fully saturated rings. The zero-order valence-corrected chi connectivity index (χ0v) is 14.3. The average Bonchev–Trinajstić information content (AvgIpc) is 2.64. The van der Waals surface area contributed by atoms with Crippen molar-refractivity contribution < 1.29 is 29.1 Å². The summed E-state index contributed by atoms with van der Waals surface area (Å²) in [6.07, 6.45) is -0.327. The minimum atomic E-state index is -0.988. The van der Waals surface area contributed by atoms with Crippen LogP contribution in [0.25, 0.3) is 0 Å². The van der Waals surface area contributed by atoms with Gasteiger partial charge in [-0.25, -0.2) is 4.79 Å². The SMILES string of the molecule is O=C(Cc1ccc(OC(=O)Oc2ccc([N+](=O)[O-])cc2)cc1)NCCCO. The number of ether oxygens (including phenoxy) is 2. The predicted molar refractivity (Wildman–Crippen MR) is 94.6 cm³/mol. The number of nitro groups is 1. The van der Waals surface area contributed by atoms with Gasteiger partial charge in [0.25, 0.3) is 5.69 Å². The maximum atomic E-state index is 11.7. The number of carbonyl (C=O) groups excluding carboxylic acids is 2. The summed E-state index contributed by atoms with van der Waals surface area (Å²) in [5, 5.41) is 21.9. The molecule has 142 valence electrons. The van der Waals surface area contributed by atoms with E-state index in [0.717, 1.165) is 5.56 Å². The Bertz CT molecular complexity index is 788. The van der Waals surface area contributed by atoms with Crippen LogP contribution in [0, 0.1) is 10.1 Å². The highest BCUT2D eigenvalue weighted by molar-refractivity contribution is 5.78. The molecule has 0 unspecified atom stereocenters. The van der Waals surface area contributed by atoms with Gasteiger partial charge in [-0.05, 0) is 36.2 Å². The van der Waals surface area contributed by atoms with E-state index in [0.29, 0.717) is 13.0 Å². The minimum Gasteiger partial charge on any atom is -0.396 e. The number of non-ortho nitro benzene ring substituents is 1. The van der Waals surface area contributed by atoms with E-state index < -0.39 is 11.1 Å². The van der Waals surface area contributed by atoms with Crippen molar-refractivity contribution in [1.29, 1.82) is 0 Å². The van der Waals surface area contributed by atoms with Crippen molar-refractivity contribution in [2.45, 2.75) is 12.8 Å². The summed E-state index contributed by atoms with van der Waals surface area (Å²) >= 11 is 0. The molecule has 2 aromatic carbocycles. The van der Waals surface area contributed by atoms with Crippen LogP contribution < -0.4 is 14.8 Å². The van der Waals surface area contributed by atoms with Crippen LogP contribution >= 0.6 is 0 Å². The second kappa shape index (κ2) is 9.88. The Hall–Kier alpha value is -3.46. The van der Waals surface area contributed by atoms with Crippen molar-refractivity contribution >= 4 is 17.7 Å². The summed E-state index contributed by atoms with van der Waals surface area (Å²) in [5.74, 6) is 0.169. The van der Waals surface area contributed by atoms with Gasteiger partial charge in [0.05, 0.1) is 11.3 Å². The van der Waals surface area contributed by atoms with Crippen LogP contribution in [0.3, 0.4) is 0 Å². The number of carbonyl (C=O) groups is 2. The molecule has 0 saturated carbocycles. The fourth-order valence-electron chi connectivity index (χ4n) is 2.08. The molecule has 0 atom stereocenters. The molecule has 27 heavy (non-hydrogen) atoms. The third-order valence-corrected chi connectivity index (χ3v) is 3.40. The van der Waals surface area contributed by atoms with Crippen molar-refractivity contribution in [2.75, 3.05) is 13.2 Å². The van der Waals surface area contributed by atoms with E-state index in [4.69, 9.17) is 14.6 Å². The molecule has 2 rings (SSSR count). The van der Waals surface area contributed by atoms with Gasteiger partial charge in [0, 0.05) is 25.3 Å². The summed E-state index contributed by atoms with van der Waals surface area (Å²) in [6, 6.07) is 11.3. The molecule has 0 aliphatic rings. The van der Waals surface area contributed by atoms with Crippen LogP contribution in [0.2, 0.25) is 0 Å². The van der Waals surface area contributed by atoms with Crippen molar-refractivity contribution in [2.24, 2.45) is 0 Å². The van der Waals surface area contributed by atoms with Gasteiger partial charge < -0.3 is 19.9 Å². The standard InChI is InChI=1S/C18H18N2O7/c21-11-1-10-19-17(22)12-13-2-6-15(7-3-13)26-18(23)27-16-8-4-14(5-9-16)20(24)25/h2-9,21H,1,10-12H2,(H,19,22). The van der Waals surface area contributed by atoms with Crippen molar-refractivity contribution in [1.82, 2.24) is 5.32 Å². The van der Waals surface area contributed by atoms with Crippen LogP contribution in [-0.4, -0.2) is 35.2 Å². The number of amides is 1. The van der Waals surface area contributed by atoms with E-state index in [1.807, 2.05) is 0 Å². The summed E-state index contributed by atoms with van der Waals surface area (Å²) in [5.41, 5.74) is 0.610. The molecule has 0 aliphatic heterocycles. The largest absolute Gasteiger partial charge is 0.519 e. The van der Waals surface area contributed by atoms with Crippen molar-refractivity contribution in [3.8, 4) is 11.5 Å². The molecule has 0 heterocycles. The van der Waals surface area contributed by atoms with Crippen LogP contribution in [-0.2, 0) is 11.2 Å². The summed E-state index contributed by atoms with van der Waals surface area (Å²) in [7, 11) is 0. The lowest BCUT2D eigenvalue weighted by atomic mass is 10.1. The number of nitrogens with one attached hydrogen (secondary N) is 1. The molecule has 2 N–H and O–H groups in total. The van der Waals surface area contributed by atoms with E-state index in [-0.39, 0.29) is 36.1 Å². The fraction of sp³-hybridized carbons (Fsp3) is 0.222. The summed E-state index contributed by atoms with van der Waals surface area (Å²) < 4.78 is 9.95. The van der Waals surface area contributed by atoms with E-state index in [1.165, 1.54) is 36.4 Å². The maximum Gasteiger partial charge on any atom is 0.519 e. The smallest absolute Gasteiger partial charge is 0.396 e. The lowest BCUT2D eigenvalue weighted by Crippen LogP contribution is -2.26. The van der Waals surface area contributed by atoms with Gasteiger partial charge in [0.15, 0.2) is 0 Å². The topological polar surface area (TPSA) is 128 Å². The van der Waals surface area contributed by atoms with Crippen LogP contribution in [0.4, 0.5) is 10.5 Å². The van der Waals surface area contributed by atoms with Crippen molar-refractivity contribution in [3.05, 3.63) is 64.2 Å². The molecule has 0 saturated heterocycles. The van der Waals surface area contributed by atoms with Crippen LogP contribution in [0.1, 0.15) is 12.0 Å². The number of hydrogen-bond acceptors (Lipinski definition) is 7. The Kier molecular flexibility index (Phi) is 7.26. The van der Waals surface area contributed by atoms with Gasteiger partial charge in [-0.1, -0.05) is 12.1 Å². The molecule has 9 heteroatoms. The van der Waals surface area contributed by atoms with Gasteiger partial charge in [-0.3, -0.25) is 14.9 Å². The highest BCUT2D eigenvalue weighted by Crippen LogP contribution is 2.19. The third kappa shape index (κ3) is 6.75. The Morgan fingerprint density at radius 1 is 1.00 bits per heavy atom. The highest BCUT2D eigenvalue weighted by Gasteiger charge is 2.11. The predicted octanol–water partition coefficient (Wildman–Crippen LogP) is 2.21. The molecular formula is C18H18N2O7. The molecule has 1 amide bonds. The van der Waals surface area contributed by atoms with E-state index in [9.17, 15) is 19.7 Å². The number of rotatable bonds is 8. The number of hydrogen-bond donors (Lipinski definition) is 2. The molecule has 9 nitrogen and oxygen atoms in total. The van der Waals surface area contributed by atoms with Gasteiger partial charge in [-0.2, -0.15) is 0 Å². The molecule has 0 bridgehead atoms. The van der Waals surface area contributed by atoms with Gasteiger partial charge in [-0.15, -0.1) is 0 Å². The molecule has 0 spiro atoms. The molecule has 2 aromatic rings. The van der Waals surface area contributed by atoms with Gasteiger partial charge in [0.1, 0.15) is 11.5 Å². The quantitative estimate of drug-likeness (QED) is 0.238. The third-order valence-electron chi connectivity index (χ3n) is 3.40. The first-order chi connectivity index (χ1) is 13.0. The first-order valence-corrected chi connectivity index (χ1v) is 8.08. The van der Waals surface area contributed by atoms with Crippen LogP contribution in [0.15, 0.2) is 48.5 Å². The van der Waals surface area contributed by atoms with E-state index in [2.05, 4.69) is 5.32 Å². The highest BCUT2D eigenvalue weighted by atomic mass is 16.7. The van der Waals surface area contributed by atoms with Gasteiger partial charge >= 0.3 is 6.16 Å². The first-order valence-electron chi connectivity index (χ1n) is 8.08. The first kappa shape index (κ1) is 19.9. The Balaban J connectivity index is 1.83. The molecule has 0 aromatic heterocycles. The Labute approximate surface area is 154 Å². The average molecular weight is 374 g/mol. The van der Waals surface area contributed by atoms with Gasteiger partial charge in [0.2, 0.25) is 5.91 Å². The zero-order chi connectivity index (χ0) is 19.6. The lowest BCUT2D eigenvalue weighted by Gasteiger charge is -2.07.